The summed E-state index contributed by atoms with van der Waals surface area (Å²) in [7, 11) is 1.05. The second kappa shape index (κ2) is 7.47. The molecule has 0 amide bonds. The Bertz CT molecular complexity index is 836. The Balaban J connectivity index is 2.22. The Morgan fingerprint density at radius 3 is 2.20 bits per heavy atom. The van der Waals surface area contributed by atoms with Gasteiger partial charge in [0.15, 0.2) is 0 Å². The number of nitrogens with zero attached hydrogens (tertiary/aromatic N) is 2. The number of rotatable bonds is 6. The summed E-state index contributed by atoms with van der Waals surface area (Å²) in [4.78, 5) is 1.47. The molecule has 0 aliphatic carbocycles. The maximum atomic E-state index is 13.3. The molecule has 0 unspecified atom stereocenters. The molecule has 0 bridgehead atoms. The molecule has 25 heavy (non-hydrogen) atoms. The van der Waals surface area contributed by atoms with Gasteiger partial charge in [0.25, 0.3) is 0 Å². The zero-order valence-corrected chi connectivity index (χ0v) is 15.1. The highest BCUT2D eigenvalue weighted by Crippen LogP contribution is 2.22. The van der Waals surface area contributed by atoms with E-state index in [9.17, 15) is 17.2 Å². The van der Waals surface area contributed by atoms with Crippen LogP contribution in [0.3, 0.4) is 0 Å². The zero-order valence-electron chi connectivity index (χ0n) is 14.3. The molecule has 0 spiro atoms. The molecule has 2 aromatic rings. The molecule has 2 rings (SSSR count). The van der Waals surface area contributed by atoms with Gasteiger partial charge in [-0.1, -0.05) is 12.1 Å². The number of likely N-dealkylation sites (N-methyl/N-ethyl adjacent to an activating group) is 1. The maximum absolute atomic E-state index is 13.3. The highest BCUT2D eigenvalue weighted by atomic mass is 32.2. The fraction of sp³-hybridized carbons (Fsp3) is 0.294. The normalized spacial score (nSPS) is 13.1. The number of benzene rings is 2. The molecule has 0 aliphatic heterocycles. The fourth-order valence-electron chi connectivity index (χ4n) is 2.37. The molecule has 136 valence electrons. The summed E-state index contributed by atoms with van der Waals surface area (Å²) < 4.78 is 52.6. The summed E-state index contributed by atoms with van der Waals surface area (Å²) in [6.45, 7) is -0.0304. The summed E-state index contributed by atoms with van der Waals surface area (Å²) in [5, 5.41) is 0. The van der Waals surface area contributed by atoms with Gasteiger partial charge in [0.05, 0.1) is 4.90 Å². The molecule has 2 N–H and O–H groups in total. The molecule has 0 heterocycles. The first-order valence-electron chi connectivity index (χ1n) is 7.56. The van der Waals surface area contributed by atoms with Crippen LogP contribution in [0.5, 0.6) is 0 Å². The molecular weight excluding hydrogens is 348 g/mol. The number of nitrogens with two attached hydrogens (primary N) is 1. The van der Waals surface area contributed by atoms with E-state index in [0.717, 1.165) is 27.7 Å². The van der Waals surface area contributed by atoms with Crippen LogP contribution in [0.25, 0.3) is 0 Å². The summed E-state index contributed by atoms with van der Waals surface area (Å²) in [5.74, 6) is -1.90. The van der Waals surface area contributed by atoms with Crippen molar-refractivity contribution < 1.29 is 17.2 Å². The molecule has 0 fully saturated rings. The quantitative estimate of drug-likeness (QED) is 0.849. The van der Waals surface area contributed by atoms with E-state index in [4.69, 9.17) is 5.73 Å². The van der Waals surface area contributed by atoms with Crippen LogP contribution in [0, 0.1) is 11.6 Å². The van der Waals surface area contributed by atoms with Crippen molar-refractivity contribution in [3.05, 3.63) is 59.7 Å². The second-order valence-electron chi connectivity index (χ2n) is 5.99. The van der Waals surface area contributed by atoms with Crippen LogP contribution < -0.4 is 10.6 Å². The first-order valence-corrected chi connectivity index (χ1v) is 9.00. The molecule has 0 saturated carbocycles. The lowest BCUT2D eigenvalue weighted by Crippen LogP contribution is -2.34. The van der Waals surface area contributed by atoms with Crippen LogP contribution >= 0.6 is 0 Å². The van der Waals surface area contributed by atoms with E-state index in [1.807, 2.05) is 37.2 Å². The third kappa shape index (κ3) is 4.53. The summed E-state index contributed by atoms with van der Waals surface area (Å²) in [5.41, 5.74) is 7.83. The highest BCUT2D eigenvalue weighted by Gasteiger charge is 2.24. The highest BCUT2D eigenvalue weighted by molar-refractivity contribution is 7.89. The third-order valence-corrected chi connectivity index (χ3v) is 5.61. The lowest BCUT2D eigenvalue weighted by atomic mass is 10.1. The molecule has 1 atom stereocenters. The van der Waals surface area contributed by atoms with E-state index in [2.05, 4.69) is 0 Å². The van der Waals surface area contributed by atoms with Crippen molar-refractivity contribution in [1.82, 2.24) is 4.31 Å². The first-order chi connectivity index (χ1) is 11.6. The lowest BCUT2D eigenvalue weighted by molar-refractivity contribution is 0.438. The molecule has 0 aliphatic rings. The minimum Gasteiger partial charge on any atom is -0.378 e. The van der Waals surface area contributed by atoms with Crippen molar-refractivity contribution >= 4 is 15.7 Å². The molecule has 2 aromatic carbocycles. The molecular formula is C17H21F2N3O2S. The van der Waals surface area contributed by atoms with Crippen molar-refractivity contribution in [2.75, 3.05) is 32.6 Å². The molecule has 0 radical (unpaired) electrons. The zero-order chi connectivity index (χ0) is 18.8. The van der Waals surface area contributed by atoms with E-state index in [-0.39, 0.29) is 6.54 Å². The summed E-state index contributed by atoms with van der Waals surface area (Å²) >= 11 is 0. The Hall–Kier alpha value is -2.03. The van der Waals surface area contributed by atoms with Gasteiger partial charge in [0.1, 0.15) is 11.6 Å². The van der Waals surface area contributed by atoms with E-state index in [1.54, 1.807) is 6.07 Å². The van der Waals surface area contributed by atoms with Crippen molar-refractivity contribution in [3.63, 3.8) is 0 Å². The predicted molar refractivity (Wildman–Crippen MR) is 93.9 cm³/mol. The van der Waals surface area contributed by atoms with Gasteiger partial charge in [-0.2, -0.15) is 4.31 Å². The predicted octanol–water partition coefficient (Wildman–Crippen LogP) is 2.35. The SMILES string of the molecule is CN(C)c1cccc([C@H](N)CN(C)S(=O)(=O)c2cc(F)cc(F)c2)c1. The maximum Gasteiger partial charge on any atom is 0.243 e. The number of halogens is 2. The third-order valence-electron chi connectivity index (χ3n) is 3.81. The minimum absolute atomic E-state index is 0.0304. The molecule has 0 saturated heterocycles. The Morgan fingerprint density at radius 1 is 1.04 bits per heavy atom. The van der Waals surface area contributed by atoms with E-state index >= 15 is 0 Å². The monoisotopic (exact) mass is 369 g/mol. The fourth-order valence-corrected chi connectivity index (χ4v) is 3.61. The van der Waals surface area contributed by atoms with Gasteiger partial charge in [-0.15, -0.1) is 0 Å². The van der Waals surface area contributed by atoms with Crippen molar-refractivity contribution in [1.29, 1.82) is 0 Å². The average Bonchev–Trinajstić information content (AvgIpc) is 2.53. The number of hydrogen-bond donors (Lipinski definition) is 1. The minimum atomic E-state index is -4.05. The van der Waals surface area contributed by atoms with Gasteiger partial charge in [-0.3, -0.25) is 0 Å². The lowest BCUT2D eigenvalue weighted by Gasteiger charge is -2.22. The van der Waals surface area contributed by atoms with E-state index < -0.39 is 32.6 Å². The van der Waals surface area contributed by atoms with Gasteiger partial charge < -0.3 is 10.6 Å². The largest absolute Gasteiger partial charge is 0.378 e. The van der Waals surface area contributed by atoms with Crippen LogP contribution in [0.15, 0.2) is 47.4 Å². The van der Waals surface area contributed by atoms with Gasteiger partial charge in [-0.25, -0.2) is 17.2 Å². The van der Waals surface area contributed by atoms with Crippen LogP contribution in [0.4, 0.5) is 14.5 Å². The Kier molecular flexibility index (Phi) is 5.76. The van der Waals surface area contributed by atoms with Crippen molar-refractivity contribution in [3.8, 4) is 0 Å². The van der Waals surface area contributed by atoms with Gasteiger partial charge >= 0.3 is 0 Å². The molecule has 0 aromatic heterocycles. The summed E-state index contributed by atoms with van der Waals surface area (Å²) in [6.07, 6.45) is 0. The van der Waals surface area contributed by atoms with Crippen LogP contribution in [0.2, 0.25) is 0 Å². The number of anilines is 1. The van der Waals surface area contributed by atoms with Gasteiger partial charge in [-0.05, 0) is 29.8 Å². The first kappa shape index (κ1) is 19.3. The van der Waals surface area contributed by atoms with E-state index in [0.29, 0.717) is 6.07 Å². The smallest absolute Gasteiger partial charge is 0.243 e. The van der Waals surface area contributed by atoms with Crippen LogP contribution in [-0.2, 0) is 10.0 Å². The number of hydrogen-bond acceptors (Lipinski definition) is 4. The second-order valence-corrected chi connectivity index (χ2v) is 8.03. The van der Waals surface area contributed by atoms with E-state index in [1.165, 1.54) is 7.05 Å². The standard InChI is InChI=1S/C17H21F2N3O2S/c1-21(2)15-6-4-5-12(7-15)17(20)11-22(3)25(23,24)16-9-13(18)8-14(19)10-16/h4-10,17H,11,20H2,1-3H3/t17-/m1/s1. The van der Waals surface area contributed by atoms with Crippen LogP contribution in [0.1, 0.15) is 11.6 Å². The Labute approximate surface area is 146 Å². The van der Waals surface area contributed by atoms with Crippen molar-refractivity contribution in [2.45, 2.75) is 10.9 Å². The summed E-state index contributed by atoms with van der Waals surface area (Å²) in [6, 6.07) is 9.02. The average molecular weight is 369 g/mol. The molecule has 5 nitrogen and oxygen atoms in total. The number of sulfonamides is 1. The van der Waals surface area contributed by atoms with Crippen LogP contribution in [-0.4, -0.2) is 40.4 Å². The van der Waals surface area contributed by atoms with Crippen molar-refractivity contribution in [2.24, 2.45) is 5.73 Å². The topological polar surface area (TPSA) is 66.6 Å². The molecule has 8 heteroatoms. The Morgan fingerprint density at radius 2 is 1.64 bits per heavy atom. The van der Waals surface area contributed by atoms with Gasteiger partial charge in [0, 0.05) is 45.5 Å². The van der Waals surface area contributed by atoms with Gasteiger partial charge in [0.2, 0.25) is 10.0 Å².